The number of rotatable bonds is 4. The predicted molar refractivity (Wildman–Crippen MR) is 99.2 cm³/mol. The molecule has 128 valence electrons. The Labute approximate surface area is 147 Å². The average molecular weight is 334 g/mol. The van der Waals surface area contributed by atoms with Crippen LogP contribution in [0.15, 0.2) is 41.7 Å². The molecule has 3 heterocycles. The van der Waals surface area contributed by atoms with Gasteiger partial charge in [-0.05, 0) is 47.7 Å². The number of carbonyl (C=O) groups excluding carboxylic acids is 1. The smallest absolute Gasteiger partial charge is 0.224 e. The maximum Gasteiger partial charge on any atom is 0.224 e. The van der Waals surface area contributed by atoms with Gasteiger partial charge in [0.1, 0.15) is 0 Å². The summed E-state index contributed by atoms with van der Waals surface area (Å²) in [6.45, 7) is 4.60. The topological polar surface area (TPSA) is 57.6 Å². The van der Waals surface area contributed by atoms with Crippen molar-refractivity contribution in [1.82, 2.24) is 10.3 Å². The third-order valence-corrected chi connectivity index (χ3v) is 4.85. The molecule has 1 aromatic carbocycles. The molecule has 1 amide bonds. The number of carbonyl (C=O) groups is 1. The molecule has 5 nitrogen and oxygen atoms in total. The molecular formula is C20H22N4O. The molecule has 1 aromatic heterocycles. The van der Waals surface area contributed by atoms with Gasteiger partial charge >= 0.3 is 0 Å². The molecule has 0 unspecified atom stereocenters. The first-order valence-electron chi connectivity index (χ1n) is 8.75. The van der Waals surface area contributed by atoms with E-state index in [0.717, 1.165) is 48.4 Å². The number of fused-ring (bicyclic) bond motifs is 1. The van der Waals surface area contributed by atoms with Crippen molar-refractivity contribution in [3.63, 3.8) is 0 Å². The Morgan fingerprint density at radius 2 is 2.24 bits per heavy atom. The number of amides is 1. The van der Waals surface area contributed by atoms with E-state index in [9.17, 15) is 4.79 Å². The van der Waals surface area contributed by atoms with Crippen molar-refractivity contribution < 1.29 is 4.79 Å². The fourth-order valence-corrected chi connectivity index (χ4v) is 3.55. The number of nitrogens with zero attached hydrogens (tertiary/aromatic N) is 3. The molecule has 2 aliphatic heterocycles. The zero-order valence-corrected chi connectivity index (χ0v) is 14.4. The molecule has 5 heteroatoms. The van der Waals surface area contributed by atoms with Gasteiger partial charge in [-0.15, -0.1) is 0 Å². The minimum Gasteiger partial charge on any atom is -0.368 e. The molecule has 0 spiro atoms. The quantitative estimate of drug-likeness (QED) is 0.933. The van der Waals surface area contributed by atoms with E-state index in [1.54, 1.807) is 0 Å². The Bertz CT molecular complexity index is 830. The van der Waals surface area contributed by atoms with Gasteiger partial charge in [-0.2, -0.15) is 0 Å². The van der Waals surface area contributed by atoms with Gasteiger partial charge in [0.15, 0.2) is 0 Å². The number of aryl methyl sites for hydroxylation is 1. The van der Waals surface area contributed by atoms with Crippen LogP contribution in [0.2, 0.25) is 0 Å². The minimum atomic E-state index is 0.0871. The van der Waals surface area contributed by atoms with Gasteiger partial charge in [0.2, 0.25) is 5.91 Å². The average Bonchev–Trinajstić information content (AvgIpc) is 3.23. The van der Waals surface area contributed by atoms with Gasteiger partial charge in [0.05, 0.1) is 24.8 Å². The van der Waals surface area contributed by atoms with Crippen molar-refractivity contribution in [2.24, 2.45) is 4.99 Å². The van der Waals surface area contributed by atoms with Crippen LogP contribution in [-0.4, -0.2) is 36.2 Å². The summed E-state index contributed by atoms with van der Waals surface area (Å²) >= 11 is 0. The molecule has 0 bridgehead atoms. The second-order valence-electron chi connectivity index (χ2n) is 6.90. The summed E-state index contributed by atoms with van der Waals surface area (Å²) in [5, 5.41) is 3.17. The highest BCUT2D eigenvalue weighted by Crippen LogP contribution is 2.21. The Morgan fingerprint density at radius 1 is 1.32 bits per heavy atom. The van der Waals surface area contributed by atoms with Crippen LogP contribution in [0.3, 0.4) is 0 Å². The zero-order chi connectivity index (χ0) is 17.2. The van der Waals surface area contributed by atoms with Crippen LogP contribution < -0.4 is 10.2 Å². The van der Waals surface area contributed by atoms with Crippen LogP contribution in [-0.2, 0) is 17.8 Å². The second kappa shape index (κ2) is 6.67. The van der Waals surface area contributed by atoms with Gasteiger partial charge in [-0.25, -0.2) is 0 Å². The summed E-state index contributed by atoms with van der Waals surface area (Å²) in [4.78, 5) is 23.2. The second-order valence-corrected chi connectivity index (χ2v) is 6.90. The number of anilines is 1. The Balaban J connectivity index is 1.33. The van der Waals surface area contributed by atoms with E-state index in [2.05, 4.69) is 38.4 Å². The molecule has 0 saturated carbocycles. The lowest BCUT2D eigenvalue weighted by atomic mass is 10.0. The van der Waals surface area contributed by atoms with Crippen LogP contribution in [0, 0.1) is 6.92 Å². The lowest BCUT2D eigenvalue weighted by molar-refractivity contribution is -0.121. The summed E-state index contributed by atoms with van der Waals surface area (Å²) in [5.41, 5.74) is 5.72. The molecule has 0 radical (unpaired) electrons. The van der Waals surface area contributed by atoms with Crippen molar-refractivity contribution in [3.8, 4) is 0 Å². The number of nitrogens with one attached hydrogen (secondary N) is 1. The Morgan fingerprint density at radius 3 is 3.12 bits per heavy atom. The van der Waals surface area contributed by atoms with Gasteiger partial charge < -0.3 is 10.2 Å². The highest BCUT2D eigenvalue weighted by molar-refractivity contribution is 5.86. The summed E-state index contributed by atoms with van der Waals surface area (Å²) in [5.74, 6) is 0.0871. The molecule has 1 atom stereocenters. The van der Waals surface area contributed by atoms with Crippen molar-refractivity contribution >= 4 is 17.8 Å². The van der Waals surface area contributed by atoms with Crippen molar-refractivity contribution in [2.45, 2.75) is 32.4 Å². The van der Waals surface area contributed by atoms with E-state index >= 15 is 0 Å². The van der Waals surface area contributed by atoms with Crippen LogP contribution in [0.25, 0.3) is 0 Å². The lowest BCUT2D eigenvalue weighted by Gasteiger charge is -2.19. The fourth-order valence-electron chi connectivity index (χ4n) is 3.55. The number of hydrogen-bond donors (Lipinski definition) is 1. The van der Waals surface area contributed by atoms with Gasteiger partial charge in [-0.3, -0.25) is 14.8 Å². The molecule has 1 fully saturated rings. The summed E-state index contributed by atoms with van der Waals surface area (Å²) in [7, 11) is 0. The molecule has 2 aliphatic rings. The normalized spacial score (nSPS) is 18.4. The zero-order valence-electron chi connectivity index (χ0n) is 14.4. The summed E-state index contributed by atoms with van der Waals surface area (Å²) in [6, 6.07) is 8.53. The van der Waals surface area contributed by atoms with Crippen molar-refractivity contribution in [1.29, 1.82) is 0 Å². The highest BCUT2D eigenvalue weighted by Gasteiger charge is 2.24. The van der Waals surface area contributed by atoms with E-state index in [1.165, 1.54) is 5.56 Å². The van der Waals surface area contributed by atoms with E-state index in [1.807, 2.05) is 31.6 Å². The van der Waals surface area contributed by atoms with Crippen LogP contribution in [0.4, 0.5) is 5.69 Å². The molecule has 0 aliphatic carbocycles. The third-order valence-electron chi connectivity index (χ3n) is 4.85. The predicted octanol–water partition coefficient (Wildman–Crippen LogP) is 2.26. The Kier molecular flexibility index (Phi) is 4.22. The third kappa shape index (κ3) is 3.55. The van der Waals surface area contributed by atoms with Crippen molar-refractivity contribution in [3.05, 3.63) is 58.9 Å². The van der Waals surface area contributed by atoms with Crippen LogP contribution in [0.1, 0.15) is 28.7 Å². The first kappa shape index (κ1) is 15.8. The largest absolute Gasteiger partial charge is 0.368 e. The van der Waals surface area contributed by atoms with E-state index in [0.29, 0.717) is 6.42 Å². The first-order chi connectivity index (χ1) is 12.2. The van der Waals surface area contributed by atoms with E-state index in [-0.39, 0.29) is 11.9 Å². The fraction of sp³-hybridized carbons (Fsp3) is 0.350. The van der Waals surface area contributed by atoms with Crippen LogP contribution >= 0.6 is 0 Å². The maximum atomic E-state index is 12.4. The number of hydrogen-bond acceptors (Lipinski definition) is 4. The number of aromatic nitrogens is 1. The van der Waals surface area contributed by atoms with Gasteiger partial charge in [0.25, 0.3) is 0 Å². The van der Waals surface area contributed by atoms with Gasteiger partial charge in [-0.1, -0.05) is 12.1 Å². The summed E-state index contributed by atoms with van der Waals surface area (Å²) in [6.07, 6.45) is 7.03. The molecule has 4 rings (SSSR count). The number of aliphatic imine (C=N–C) groups is 1. The molecule has 1 N–H and O–H groups in total. The van der Waals surface area contributed by atoms with Crippen LogP contribution in [0.5, 0.6) is 0 Å². The maximum absolute atomic E-state index is 12.4. The SMILES string of the molecule is Cc1cncc(N2CC[C@@H](NC(=O)Cc3ccc4c(c3)C=NC4)C2)c1. The lowest BCUT2D eigenvalue weighted by Crippen LogP contribution is -2.38. The van der Waals surface area contributed by atoms with Gasteiger partial charge in [0, 0.05) is 31.5 Å². The monoisotopic (exact) mass is 334 g/mol. The van der Waals surface area contributed by atoms with E-state index < -0.39 is 0 Å². The molecule has 2 aromatic rings. The minimum absolute atomic E-state index is 0.0871. The molecule has 25 heavy (non-hydrogen) atoms. The van der Waals surface area contributed by atoms with Crippen molar-refractivity contribution in [2.75, 3.05) is 18.0 Å². The standard InChI is InChI=1S/C20H22N4O/c1-14-6-19(12-21-9-14)24-5-4-18(13-24)23-20(25)8-15-2-3-16-10-22-11-17(16)7-15/h2-3,6-7,9,11-12,18H,4-5,8,10,13H2,1H3,(H,23,25)/t18-/m1/s1. The summed E-state index contributed by atoms with van der Waals surface area (Å²) < 4.78 is 0. The van der Waals surface area contributed by atoms with E-state index in [4.69, 9.17) is 0 Å². The highest BCUT2D eigenvalue weighted by atomic mass is 16.1. The Hall–Kier alpha value is -2.69. The molecular weight excluding hydrogens is 312 g/mol. The molecule has 1 saturated heterocycles. The number of benzene rings is 1. The first-order valence-corrected chi connectivity index (χ1v) is 8.75. The number of pyridine rings is 1.